The molecular formula is C16H23NO2S. The number of likely N-dealkylation sites (tertiary alicyclic amines) is 1. The summed E-state index contributed by atoms with van der Waals surface area (Å²) in [6.07, 6.45) is 4.98. The van der Waals surface area contributed by atoms with Crippen LogP contribution < -0.4 is 0 Å². The number of thiophene rings is 1. The highest BCUT2D eigenvalue weighted by molar-refractivity contribution is 7.12. The van der Waals surface area contributed by atoms with Crippen molar-refractivity contribution in [2.75, 3.05) is 19.7 Å². The van der Waals surface area contributed by atoms with Gasteiger partial charge in [0.25, 0.3) is 5.91 Å². The summed E-state index contributed by atoms with van der Waals surface area (Å²) in [6.45, 7) is 5.74. The van der Waals surface area contributed by atoms with Gasteiger partial charge in [-0.2, -0.15) is 0 Å². The minimum atomic E-state index is -0.164. The molecule has 1 aliphatic rings. The molecule has 0 spiro atoms. The van der Waals surface area contributed by atoms with E-state index in [1.807, 2.05) is 22.4 Å². The van der Waals surface area contributed by atoms with Gasteiger partial charge in [-0.25, -0.2) is 0 Å². The zero-order valence-electron chi connectivity index (χ0n) is 12.3. The first kappa shape index (κ1) is 15.3. The summed E-state index contributed by atoms with van der Waals surface area (Å²) in [7, 11) is 0. The molecule has 4 heteroatoms. The first-order valence-corrected chi connectivity index (χ1v) is 8.01. The molecule has 1 fully saturated rings. The molecule has 1 N–H and O–H groups in total. The number of rotatable bonds is 4. The Morgan fingerprint density at radius 3 is 2.95 bits per heavy atom. The zero-order chi connectivity index (χ0) is 14.6. The molecule has 1 amide bonds. The predicted molar refractivity (Wildman–Crippen MR) is 83.0 cm³/mol. The second-order valence-corrected chi connectivity index (χ2v) is 6.90. The highest BCUT2D eigenvalue weighted by Gasteiger charge is 2.36. The molecule has 1 saturated heterocycles. The largest absolute Gasteiger partial charge is 0.396 e. The summed E-state index contributed by atoms with van der Waals surface area (Å²) >= 11 is 1.49. The van der Waals surface area contributed by atoms with Crippen molar-refractivity contribution in [2.24, 2.45) is 5.41 Å². The number of piperidine rings is 1. The standard InChI is InChI=1S/C16H23NO2S/c1-13(2)6-8-16(12-18)7-4-9-17(11-16)15(19)14-5-3-10-20-14/h3,5-6,10,18H,4,7-9,11-12H2,1-2H3. The van der Waals surface area contributed by atoms with Gasteiger partial charge in [0.15, 0.2) is 0 Å². The topological polar surface area (TPSA) is 40.5 Å². The Kier molecular flexibility index (Phi) is 5.00. The van der Waals surface area contributed by atoms with E-state index in [-0.39, 0.29) is 17.9 Å². The number of carbonyl (C=O) groups excluding carboxylic acids is 1. The highest BCUT2D eigenvalue weighted by Crippen LogP contribution is 2.34. The maximum Gasteiger partial charge on any atom is 0.263 e. The number of carbonyl (C=O) groups is 1. The molecule has 1 unspecified atom stereocenters. The molecule has 1 aromatic heterocycles. The van der Waals surface area contributed by atoms with Crippen LogP contribution in [-0.4, -0.2) is 35.6 Å². The Labute approximate surface area is 124 Å². The fourth-order valence-electron chi connectivity index (χ4n) is 2.72. The number of allylic oxidation sites excluding steroid dienone is 2. The summed E-state index contributed by atoms with van der Waals surface area (Å²) in [5.74, 6) is 0.106. The van der Waals surface area contributed by atoms with Crippen LogP contribution in [-0.2, 0) is 0 Å². The van der Waals surface area contributed by atoms with Crippen molar-refractivity contribution >= 4 is 17.2 Å². The van der Waals surface area contributed by atoms with Crippen molar-refractivity contribution in [3.63, 3.8) is 0 Å². The van der Waals surface area contributed by atoms with E-state index in [1.54, 1.807) is 0 Å². The first-order chi connectivity index (χ1) is 9.56. The van der Waals surface area contributed by atoms with Crippen molar-refractivity contribution in [3.05, 3.63) is 34.0 Å². The van der Waals surface area contributed by atoms with E-state index >= 15 is 0 Å². The lowest BCUT2D eigenvalue weighted by Crippen LogP contribution is -2.47. The fourth-order valence-corrected chi connectivity index (χ4v) is 3.41. The lowest BCUT2D eigenvalue weighted by atomic mass is 9.77. The number of aliphatic hydroxyl groups is 1. The predicted octanol–water partition coefficient (Wildman–Crippen LogP) is 3.32. The lowest BCUT2D eigenvalue weighted by Gasteiger charge is -2.41. The maximum atomic E-state index is 12.4. The first-order valence-electron chi connectivity index (χ1n) is 7.13. The van der Waals surface area contributed by atoms with Crippen LogP contribution in [0.25, 0.3) is 0 Å². The number of amides is 1. The van der Waals surface area contributed by atoms with E-state index in [4.69, 9.17) is 0 Å². The summed E-state index contributed by atoms with van der Waals surface area (Å²) in [5, 5.41) is 11.8. The lowest BCUT2D eigenvalue weighted by molar-refractivity contribution is 0.0287. The Hall–Kier alpha value is -1.13. The monoisotopic (exact) mass is 293 g/mol. The maximum absolute atomic E-state index is 12.4. The minimum absolute atomic E-state index is 0.106. The van der Waals surface area contributed by atoms with Gasteiger partial charge in [0.2, 0.25) is 0 Å². The van der Waals surface area contributed by atoms with Gasteiger partial charge in [-0.15, -0.1) is 11.3 Å². The van der Waals surface area contributed by atoms with Crippen molar-refractivity contribution in [1.82, 2.24) is 4.90 Å². The number of aliphatic hydroxyl groups excluding tert-OH is 1. The molecule has 0 aliphatic carbocycles. The van der Waals surface area contributed by atoms with Gasteiger partial charge >= 0.3 is 0 Å². The van der Waals surface area contributed by atoms with Gasteiger partial charge in [-0.05, 0) is 44.6 Å². The second-order valence-electron chi connectivity index (χ2n) is 5.95. The van der Waals surface area contributed by atoms with Gasteiger partial charge in [0.05, 0.1) is 11.5 Å². The zero-order valence-corrected chi connectivity index (χ0v) is 13.1. The van der Waals surface area contributed by atoms with Crippen molar-refractivity contribution < 1.29 is 9.90 Å². The Morgan fingerprint density at radius 2 is 2.35 bits per heavy atom. The summed E-state index contributed by atoms with van der Waals surface area (Å²) in [4.78, 5) is 15.1. The molecule has 3 nitrogen and oxygen atoms in total. The van der Waals surface area contributed by atoms with Crippen molar-refractivity contribution in [2.45, 2.75) is 33.1 Å². The van der Waals surface area contributed by atoms with Gasteiger partial charge in [-0.3, -0.25) is 4.79 Å². The van der Waals surface area contributed by atoms with Crippen LogP contribution in [0.3, 0.4) is 0 Å². The number of hydrogen-bond donors (Lipinski definition) is 1. The van der Waals surface area contributed by atoms with Crippen LogP contribution in [0.15, 0.2) is 29.2 Å². The van der Waals surface area contributed by atoms with E-state index in [2.05, 4.69) is 19.9 Å². The van der Waals surface area contributed by atoms with Gasteiger partial charge in [-0.1, -0.05) is 17.7 Å². The Bertz CT molecular complexity index is 477. The SMILES string of the molecule is CC(C)=CCC1(CO)CCCN(C(=O)c2cccs2)C1. The normalized spacial score (nSPS) is 22.6. The van der Waals surface area contributed by atoms with Gasteiger partial charge in [0.1, 0.15) is 0 Å². The molecule has 20 heavy (non-hydrogen) atoms. The molecule has 2 rings (SSSR count). The molecule has 0 saturated carbocycles. The Balaban J connectivity index is 2.10. The van der Waals surface area contributed by atoms with Crippen molar-refractivity contribution in [1.29, 1.82) is 0 Å². The van der Waals surface area contributed by atoms with Crippen LogP contribution in [0.4, 0.5) is 0 Å². The minimum Gasteiger partial charge on any atom is -0.396 e. The van der Waals surface area contributed by atoms with Crippen LogP contribution in [0, 0.1) is 5.41 Å². The molecular weight excluding hydrogens is 270 g/mol. The summed E-state index contributed by atoms with van der Waals surface area (Å²) in [6, 6.07) is 3.78. The quantitative estimate of drug-likeness (QED) is 0.865. The molecule has 0 aromatic carbocycles. The average molecular weight is 293 g/mol. The number of nitrogens with zero attached hydrogens (tertiary/aromatic N) is 1. The van der Waals surface area contributed by atoms with E-state index in [1.165, 1.54) is 16.9 Å². The number of hydrogen-bond acceptors (Lipinski definition) is 3. The Morgan fingerprint density at radius 1 is 1.55 bits per heavy atom. The van der Waals surface area contributed by atoms with Gasteiger partial charge < -0.3 is 10.0 Å². The smallest absolute Gasteiger partial charge is 0.263 e. The highest BCUT2D eigenvalue weighted by atomic mass is 32.1. The van der Waals surface area contributed by atoms with Crippen LogP contribution in [0.2, 0.25) is 0 Å². The third-order valence-electron chi connectivity index (χ3n) is 3.96. The third kappa shape index (κ3) is 3.49. The molecule has 1 atom stereocenters. The van der Waals surface area contributed by atoms with E-state index in [0.29, 0.717) is 6.54 Å². The molecule has 1 aromatic rings. The third-order valence-corrected chi connectivity index (χ3v) is 4.82. The second kappa shape index (κ2) is 6.55. The average Bonchev–Trinajstić information content (AvgIpc) is 2.99. The molecule has 1 aliphatic heterocycles. The summed E-state index contributed by atoms with van der Waals surface area (Å²) < 4.78 is 0. The van der Waals surface area contributed by atoms with Crippen LogP contribution >= 0.6 is 11.3 Å². The van der Waals surface area contributed by atoms with E-state index < -0.39 is 0 Å². The van der Waals surface area contributed by atoms with Crippen LogP contribution in [0.1, 0.15) is 42.8 Å². The summed E-state index contributed by atoms with van der Waals surface area (Å²) in [5.41, 5.74) is 1.10. The van der Waals surface area contributed by atoms with Gasteiger partial charge in [0, 0.05) is 18.5 Å². The van der Waals surface area contributed by atoms with E-state index in [9.17, 15) is 9.90 Å². The molecule has 2 heterocycles. The van der Waals surface area contributed by atoms with E-state index in [0.717, 1.165) is 30.7 Å². The molecule has 0 bridgehead atoms. The van der Waals surface area contributed by atoms with Crippen molar-refractivity contribution in [3.8, 4) is 0 Å². The molecule has 0 radical (unpaired) electrons. The van der Waals surface area contributed by atoms with Crippen LogP contribution in [0.5, 0.6) is 0 Å². The fraction of sp³-hybridized carbons (Fsp3) is 0.562. The molecule has 110 valence electrons.